The fraction of sp³-hybridized carbons (Fsp3) is 0.500. The van der Waals surface area contributed by atoms with Crippen molar-refractivity contribution in [2.24, 2.45) is 0 Å². The van der Waals surface area contributed by atoms with Crippen LogP contribution in [0.5, 0.6) is 0 Å². The molecule has 0 heterocycles. The lowest BCUT2D eigenvalue weighted by Gasteiger charge is -2.21. The summed E-state index contributed by atoms with van der Waals surface area (Å²) >= 11 is 0. The molecule has 116 valence electrons. The van der Waals surface area contributed by atoms with Gasteiger partial charge in [0.1, 0.15) is 5.56 Å². The first-order chi connectivity index (χ1) is 10.0. The van der Waals surface area contributed by atoms with Crippen LogP contribution >= 0.6 is 0 Å². The summed E-state index contributed by atoms with van der Waals surface area (Å²) in [5, 5.41) is 20.2. The molecule has 0 unspecified atom stereocenters. The Bertz CT molecular complexity index is 504. The lowest BCUT2D eigenvalue weighted by molar-refractivity contribution is -0.385. The number of carboxylic acids is 1. The van der Waals surface area contributed by atoms with E-state index in [4.69, 9.17) is 4.74 Å². The quantitative estimate of drug-likeness (QED) is 0.426. The molecular formula is C14H20N2O5. The number of hydrogen-bond acceptors (Lipinski definition) is 5. The smallest absolute Gasteiger partial charge is 0.343 e. The van der Waals surface area contributed by atoms with E-state index in [1.54, 1.807) is 6.07 Å². The van der Waals surface area contributed by atoms with Gasteiger partial charge < -0.3 is 9.84 Å². The van der Waals surface area contributed by atoms with Gasteiger partial charge in [-0.25, -0.2) is 4.79 Å². The van der Waals surface area contributed by atoms with Crippen molar-refractivity contribution >= 4 is 11.7 Å². The first-order valence-corrected chi connectivity index (χ1v) is 6.80. The van der Waals surface area contributed by atoms with Crippen LogP contribution in [-0.4, -0.2) is 47.2 Å². The summed E-state index contributed by atoms with van der Waals surface area (Å²) in [4.78, 5) is 23.6. The molecule has 0 bridgehead atoms. The third-order valence-electron chi connectivity index (χ3n) is 3.14. The summed E-state index contributed by atoms with van der Waals surface area (Å²) in [6, 6.07) is 4.33. The van der Waals surface area contributed by atoms with Gasteiger partial charge in [0.05, 0.1) is 11.5 Å². The zero-order valence-electron chi connectivity index (χ0n) is 12.2. The molecule has 0 fully saturated rings. The summed E-state index contributed by atoms with van der Waals surface area (Å²) in [7, 11) is 0. The number of likely N-dealkylation sites (N-methyl/N-ethyl adjacent to an activating group) is 1. The largest absolute Gasteiger partial charge is 0.477 e. The Morgan fingerprint density at radius 3 is 2.67 bits per heavy atom. The van der Waals surface area contributed by atoms with Crippen molar-refractivity contribution in [2.75, 3.05) is 26.3 Å². The third-order valence-corrected chi connectivity index (χ3v) is 3.14. The number of nitro groups is 1. The normalized spacial score (nSPS) is 10.8. The third kappa shape index (κ3) is 4.80. The predicted molar refractivity (Wildman–Crippen MR) is 77.5 cm³/mol. The Hall–Kier alpha value is -1.99. The zero-order chi connectivity index (χ0) is 15.8. The van der Waals surface area contributed by atoms with Gasteiger partial charge in [0.15, 0.2) is 0 Å². The minimum atomic E-state index is -1.28. The second-order valence-corrected chi connectivity index (χ2v) is 4.44. The van der Waals surface area contributed by atoms with Crippen LogP contribution in [0.15, 0.2) is 18.2 Å². The standard InChI is InChI=1S/C14H20N2O5/c1-3-15(8-9-21-4-2)10-11-6-5-7-12(16(19)20)13(11)14(17)18/h5-7H,3-4,8-10H2,1-2H3,(H,17,18). The SMILES string of the molecule is CCOCCN(CC)Cc1cccc([N+](=O)[O-])c1C(=O)O. The molecule has 0 saturated carbocycles. The van der Waals surface area contributed by atoms with E-state index >= 15 is 0 Å². The molecule has 7 nitrogen and oxygen atoms in total. The molecular weight excluding hydrogens is 276 g/mol. The number of ether oxygens (including phenoxy) is 1. The van der Waals surface area contributed by atoms with Gasteiger partial charge in [0, 0.05) is 25.8 Å². The summed E-state index contributed by atoms with van der Waals surface area (Å²) in [6.07, 6.45) is 0. The lowest BCUT2D eigenvalue weighted by atomic mass is 10.0. The van der Waals surface area contributed by atoms with Gasteiger partial charge in [-0.2, -0.15) is 0 Å². The van der Waals surface area contributed by atoms with E-state index in [1.807, 2.05) is 18.7 Å². The molecule has 0 radical (unpaired) electrons. The van der Waals surface area contributed by atoms with Gasteiger partial charge in [0.2, 0.25) is 0 Å². The van der Waals surface area contributed by atoms with Crippen LogP contribution in [0, 0.1) is 10.1 Å². The average molecular weight is 296 g/mol. The van der Waals surface area contributed by atoms with Crippen LogP contribution in [0.3, 0.4) is 0 Å². The molecule has 0 atom stereocenters. The van der Waals surface area contributed by atoms with E-state index in [-0.39, 0.29) is 11.3 Å². The van der Waals surface area contributed by atoms with Crippen LogP contribution in [-0.2, 0) is 11.3 Å². The molecule has 0 aliphatic heterocycles. The fourth-order valence-electron chi connectivity index (χ4n) is 2.05. The lowest BCUT2D eigenvalue weighted by Crippen LogP contribution is -2.28. The topological polar surface area (TPSA) is 92.9 Å². The summed E-state index contributed by atoms with van der Waals surface area (Å²) in [5.41, 5.74) is -0.173. The van der Waals surface area contributed by atoms with Crippen LogP contribution in [0.2, 0.25) is 0 Å². The first-order valence-electron chi connectivity index (χ1n) is 6.80. The molecule has 0 amide bonds. The molecule has 0 aliphatic carbocycles. The van der Waals surface area contributed by atoms with Crippen molar-refractivity contribution in [3.63, 3.8) is 0 Å². The van der Waals surface area contributed by atoms with E-state index in [0.717, 1.165) is 0 Å². The van der Waals surface area contributed by atoms with E-state index < -0.39 is 10.9 Å². The summed E-state index contributed by atoms with van der Waals surface area (Å²) < 4.78 is 5.28. The molecule has 7 heteroatoms. The van der Waals surface area contributed by atoms with Gasteiger partial charge in [-0.3, -0.25) is 15.0 Å². The summed E-state index contributed by atoms with van der Waals surface area (Å²) in [5.74, 6) is -1.28. The molecule has 21 heavy (non-hydrogen) atoms. The maximum Gasteiger partial charge on any atom is 0.343 e. The van der Waals surface area contributed by atoms with Crippen molar-refractivity contribution in [1.82, 2.24) is 4.90 Å². The highest BCUT2D eigenvalue weighted by Gasteiger charge is 2.24. The number of benzene rings is 1. The van der Waals surface area contributed by atoms with Crippen molar-refractivity contribution < 1.29 is 19.6 Å². The number of rotatable bonds is 9. The number of aromatic carboxylic acids is 1. The molecule has 1 N–H and O–H groups in total. The summed E-state index contributed by atoms with van der Waals surface area (Å²) in [6.45, 7) is 6.70. The first kappa shape index (κ1) is 17.1. The van der Waals surface area contributed by atoms with E-state index in [9.17, 15) is 20.0 Å². The maximum absolute atomic E-state index is 11.3. The number of nitrogens with zero attached hydrogens (tertiary/aromatic N) is 2. The van der Waals surface area contributed by atoms with E-state index in [2.05, 4.69) is 0 Å². The monoisotopic (exact) mass is 296 g/mol. The molecule has 0 aliphatic rings. The second kappa shape index (κ2) is 8.33. The Balaban J connectivity index is 2.98. The van der Waals surface area contributed by atoms with Crippen molar-refractivity contribution in [1.29, 1.82) is 0 Å². The Kier molecular flexibility index (Phi) is 6.77. The molecule has 1 aromatic carbocycles. The van der Waals surface area contributed by atoms with Crippen molar-refractivity contribution in [3.8, 4) is 0 Å². The molecule has 1 rings (SSSR count). The number of nitro benzene ring substituents is 1. The minimum absolute atomic E-state index is 0.239. The van der Waals surface area contributed by atoms with Gasteiger partial charge in [-0.15, -0.1) is 0 Å². The maximum atomic E-state index is 11.3. The van der Waals surface area contributed by atoms with E-state index in [1.165, 1.54) is 12.1 Å². The molecule has 0 aromatic heterocycles. The van der Waals surface area contributed by atoms with Crippen molar-refractivity contribution in [2.45, 2.75) is 20.4 Å². The number of hydrogen-bond donors (Lipinski definition) is 1. The van der Waals surface area contributed by atoms with Crippen molar-refractivity contribution in [3.05, 3.63) is 39.4 Å². The highest BCUT2D eigenvalue weighted by atomic mass is 16.6. The van der Waals surface area contributed by atoms with Crippen LogP contribution in [0.1, 0.15) is 29.8 Å². The Labute approximate surface area is 123 Å². The Morgan fingerprint density at radius 1 is 1.43 bits per heavy atom. The molecule has 1 aromatic rings. The van der Waals surface area contributed by atoms with Gasteiger partial charge >= 0.3 is 5.97 Å². The van der Waals surface area contributed by atoms with Crippen LogP contribution in [0.4, 0.5) is 5.69 Å². The van der Waals surface area contributed by atoms with Gasteiger partial charge in [-0.1, -0.05) is 19.1 Å². The Morgan fingerprint density at radius 2 is 2.14 bits per heavy atom. The average Bonchev–Trinajstić information content (AvgIpc) is 2.45. The molecule has 0 saturated heterocycles. The van der Waals surface area contributed by atoms with Gasteiger partial charge in [-0.05, 0) is 19.0 Å². The zero-order valence-corrected chi connectivity index (χ0v) is 12.2. The highest BCUT2D eigenvalue weighted by Crippen LogP contribution is 2.23. The molecule has 0 spiro atoms. The van der Waals surface area contributed by atoms with Crippen LogP contribution < -0.4 is 0 Å². The number of carbonyl (C=O) groups is 1. The fourth-order valence-corrected chi connectivity index (χ4v) is 2.05. The second-order valence-electron chi connectivity index (χ2n) is 4.44. The van der Waals surface area contributed by atoms with E-state index in [0.29, 0.717) is 38.4 Å². The minimum Gasteiger partial charge on any atom is -0.477 e. The highest BCUT2D eigenvalue weighted by molar-refractivity contribution is 5.94. The van der Waals surface area contributed by atoms with Gasteiger partial charge in [0.25, 0.3) is 5.69 Å². The number of carboxylic acid groups (broad SMARTS) is 1. The van der Waals surface area contributed by atoms with Crippen LogP contribution in [0.25, 0.3) is 0 Å². The predicted octanol–water partition coefficient (Wildman–Crippen LogP) is 2.15.